The number of rotatable bonds is 4. The Hall–Kier alpha value is -1.97. The molecule has 100 valence electrons. The third kappa shape index (κ3) is 2.89. The molecular weight excluding hydrogens is 241 g/mol. The topological polar surface area (TPSA) is 37.8 Å². The summed E-state index contributed by atoms with van der Waals surface area (Å²) in [6.45, 7) is 4.05. The van der Waals surface area contributed by atoms with Crippen LogP contribution in [0.2, 0.25) is 0 Å². The first-order valence-corrected chi connectivity index (χ1v) is 6.43. The SMILES string of the molecule is CCc1nc(Cc2ccccc2F)nc(NC)c1C. The lowest BCUT2D eigenvalue weighted by Gasteiger charge is -2.11. The van der Waals surface area contributed by atoms with E-state index >= 15 is 0 Å². The van der Waals surface area contributed by atoms with Crippen LogP contribution >= 0.6 is 0 Å². The van der Waals surface area contributed by atoms with Gasteiger partial charge in [0.05, 0.1) is 0 Å². The second-order valence-electron chi connectivity index (χ2n) is 4.43. The third-order valence-corrected chi connectivity index (χ3v) is 3.17. The first-order valence-electron chi connectivity index (χ1n) is 6.43. The highest BCUT2D eigenvalue weighted by Gasteiger charge is 2.10. The first kappa shape index (κ1) is 13.5. The molecule has 2 aromatic rings. The van der Waals surface area contributed by atoms with Crippen molar-refractivity contribution in [2.24, 2.45) is 0 Å². The number of aromatic nitrogens is 2. The van der Waals surface area contributed by atoms with Crippen LogP contribution in [0.5, 0.6) is 0 Å². The first-order chi connectivity index (χ1) is 9.15. The maximum atomic E-state index is 13.6. The Morgan fingerprint density at radius 2 is 1.95 bits per heavy atom. The Bertz CT molecular complexity index is 556. The summed E-state index contributed by atoms with van der Waals surface area (Å²) in [5.74, 6) is 1.26. The number of hydrogen-bond acceptors (Lipinski definition) is 3. The second kappa shape index (κ2) is 5.78. The van der Waals surface area contributed by atoms with E-state index < -0.39 is 0 Å². The highest BCUT2D eigenvalue weighted by Crippen LogP contribution is 2.18. The summed E-state index contributed by atoms with van der Waals surface area (Å²) in [4.78, 5) is 8.96. The van der Waals surface area contributed by atoms with E-state index in [2.05, 4.69) is 22.2 Å². The smallest absolute Gasteiger partial charge is 0.135 e. The van der Waals surface area contributed by atoms with E-state index in [0.29, 0.717) is 17.8 Å². The highest BCUT2D eigenvalue weighted by molar-refractivity contribution is 5.45. The Morgan fingerprint density at radius 3 is 2.58 bits per heavy atom. The number of anilines is 1. The average Bonchev–Trinajstić information content (AvgIpc) is 2.43. The van der Waals surface area contributed by atoms with E-state index in [9.17, 15) is 4.39 Å². The van der Waals surface area contributed by atoms with Gasteiger partial charge < -0.3 is 5.32 Å². The zero-order valence-corrected chi connectivity index (χ0v) is 11.5. The Balaban J connectivity index is 2.38. The van der Waals surface area contributed by atoms with Gasteiger partial charge in [-0.25, -0.2) is 14.4 Å². The molecule has 0 fully saturated rings. The molecule has 2 rings (SSSR count). The van der Waals surface area contributed by atoms with Crippen molar-refractivity contribution in [3.8, 4) is 0 Å². The molecule has 0 saturated heterocycles. The van der Waals surface area contributed by atoms with Gasteiger partial charge in [0, 0.05) is 24.7 Å². The summed E-state index contributed by atoms with van der Waals surface area (Å²) < 4.78 is 13.6. The van der Waals surface area contributed by atoms with Crippen LogP contribution in [0.25, 0.3) is 0 Å². The van der Waals surface area contributed by atoms with Gasteiger partial charge in [-0.3, -0.25) is 0 Å². The standard InChI is InChI=1S/C15H18FN3/c1-4-13-10(2)15(17-3)19-14(18-13)9-11-7-5-6-8-12(11)16/h5-8H,4,9H2,1-3H3,(H,17,18,19). The van der Waals surface area contributed by atoms with Gasteiger partial charge in [-0.05, 0) is 25.0 Å². The lowest BCUT2D eigenvalue weighted by molar-refractivity contribution is 0.612. The van der Waals surface area contributed by atoms with Crippen LogP contribution in [-0.4, -0.2) is 17.0 Å². The van der Waals surface area contributed by atoms with Crippen molar-refractivity contribution in [3.05, 3.63) is 52.7 Å². The minimum absolute atomic E-state index is 0.212. The minimum atomic E-state index is -0.212. The molecule has 0 spiro atoms. The molecule has 3 nitrogen and oxygen atoms in total. The van der Waals surface area contributed by atoms with Gasteiger partial charge in [0.2, 0.25) is 0 Å². The summed E-state index contributed by atoms with van der Waals surface area (Å²) >= 11 is 0. The molecule has 0 saturated carbocycles. The second-order valence-corrected chi connectivity index (χ2v) is 4.43. The fourth-order valence-electron chi connectivity index (χ4n) is 2.09. The van der Waals surface area contributed by atoms with Gasteiger partial charge >= 0.3 is 0 Å². The van der Waals surface area contributed by atoms with Crippen molar-refractivity contribution in [2.45, 2.75) is 26.7 Å². The van der Waals surface area contributed by atoms with Crippen LogP contribution in [0.4, 0.5) is 10.2 Å². The van der Waals surface area contributed by atoms with Crippen molar-refractivity contribution in [2.75, 3.05) is 12.4 Å². The predicted molar refractivity (Wildman–Crippen MR) is 74.9 cm³/mol. The maximum absolute atomic E-state index is 13.6. The molecule has 1 aromatic carbocycles. The van der Waals surface area contributed by atoms with Crippen molar-refractivity contribution in [1.82, 2.24) is 9.97 Å². The number of nitrogens with one attached hydrogen (secondary N) is 1. The van der Waals surface area contributed by atoms with E-state index in [4.69, 9.17) is 0 Å². The molecule has 0 amide bonds. The molecule has 0 aliphatic rings. The van der Waals surface area contributed by atoms with Crippen LogP contribution in [0.1, 0.15) is 29.6 Å². The molecule has 0 radical (unpaired) electrons. The number of halogens is 1. The van der Waals surface area contributed by atoms with E-state index in [1.54, 1.807) is 12.1 Å². The van der Waals surface area contributed by atoms with Gasteiger partial charge in [0.15, 0.2) is 0 Å². The number of nitrogens with zero attached hydrogens (tertiary/aromatic N) is 2. The lowest BCUT2D eigenvalue weighted by Crippen LogP contribution is -2.08. The minimum Gasteiger partial charge on any atom is -0.373 e. The van der Waals surface area contributed by atoms with Crippen LogP contribution in [0.3, 0.4) is 0 Å². The third-order valence-electron chi connectivity index (χ3n) is 3.17. The molecule has 0 atom stereocenters. The molecule has 4 heteroatoms. The van der Waals surface area contributed by atoms with Crippen LogP contribution in [-0.2, 0) is 12.8 Å². The van der Waals surface area contributed by atoms with E-state index in [-0.39, 0.29) is 5.82 Å². The van der Waals surface area contributed by atoms with Crippen LogP contribution in [0.15, 0.2) is 24.3 Å². The fourth-order valence-corrected chi connectivity index (χ4v) is 2.09. The van der Waals surface area contributed by atoms with Gasteiger partial charge in [-0.15, -0.1) is 0 Å². The lowest BCUT2D eigenvalue weighted by atomic mass is 10.1. The summed E-state index contributed by atoms with van der Waals surface area (Å²) in [7, 11) is 1.83. The molecule has 0 bridgehead atoms. The number of benzene rings is 1. The molecule has 0 unspecified atom stereocenters. The van der Waals surface area contributed by atoms with E-state index in [1.165, 1.54) is 6.07 Å². The van der Waals surface area contributed by atoms with Gasteiger partial charge in [0.25, 0.3) is 0 Å². The molecule has 19 heavy (non-hydrogen) atoms. The largest absolute Gasteiger partial charge is 0.373 e. The Labute approximate surface area is 112 Å². The van der Waals surface area contributed by atoms with Gasteiger partial charge in [-0.1, -0.05) is 25.1 Å². The molecular formula is C15H18FN3. The van der Waals surface area contributed by atoms with E-state index in [0.717, 1.165) is 23.5 Å². The zero-order valence-electron chi connectivity index (χ0n) is 11.5. The molecule has 1 aromatic heterocycles. The van der Waals surface area contributed by atoms with Crippen molar-refractivity contribution in [3.63, 3.8) is 0 Å². The van der Waals surface area contributed by atoms with Crippen molar-refractivity contribution < 1.29 is 4.39 Å². The average molecular weight is 259 g/mol. The Kier molecular flexibility index (Phi) is 4.10. The van der Waals surface area contributed by atoms with Gasteiger partial charge in [-0.2, -0.15) is 0 Å². The summed E-state index contributed by atoms with van der Waals surface area (Å²) in [5, 5.41) is 3.07. The maximum Gasteiger partial charge on any atom is 0.135 e. The molecule has 1 heterocycles. The number of hydrogen-bond donors (Lipinski definition) is 1. The Morgan fingerprint density at radius 1 is 1.21 bits per heavy atom. The normalized spacial score (nSPS) is 10.5. The van der Waals surface area contributed by atoms with E-state index in [1.807, 2.05) is 20.0 Å². The van der Waals surface area contributed by atoms with Crippen LogP contribution in [0, 0.1) is 12.7 Å². The summed E-state index contributed by atoms with van der Waals surface area (Å²) in [6, 6.07) is 6.74. The molecule has 0 aliphatic heterocycles. The quantitative estimate of drug-likeness (QED) is 0.916. The summed E-state index contributed by atoms with van der Waals surface area (Å²) in [5.41, 5.74) is 2.68. The molecule has 1 N–H and O–H groups in total. The summed E-state index contributed by atoms with van der Waals surface area (Å²) in [6.07, 6.45) is 1.25. The van der Waals surface area contributed by atoms with Crippen molar-refractivity contribution >= 4 is 5.82 Å². The number of aryl methyl sites for hydroxylation is 1. The van der Waals surface area contributed by atoms with Gasteiger partial charge in [0.1, 0.15) is 17.5 Å². The van der Waals surface area contributed by atoms with Crippen molar-refractivity contribution in [1.29, 1.82) is 0 Å². The zero-order chi connectivity index (χ0) is 13.8. The fraction of sp³-hybridized carbons (Fsp3) is 0.333. The monoisotopic (exact) mass is 259 g/mol. The predicted octanol–water partition coefficient (Wildman–Crippen LogP) is 3.12. The highest BCUT2D eigenvalue weighted by atomic mass is 19.1. The molecule has 0 aliphatic carbocycles. The van der Waals surface area contributed by atoms with Crippen LogP contribution < -0.4 is 5.32 Å².